The second kappa shape index (κ2) is 6.60. The summed E-state index contributed by atoms with van der Waals surface area (Å²) in [5.74, 6) is 0.426. The predicted molar refractivity (Wildman–Crippen MR) is 71.2 cm³/mol. The van der Waals surface area contributed by atoms with Crippen molar-refractivity contribution in [2.75, 3.05) is 18.8 Å². The van der Waals surface area contributed by atoms with E-state index in [-0.39, 0.29) is 5.82 Å². The molecule has 0 radical (unpaired) electrons. The van der Waals surface area contributed by atoms with Crippen LogP contribution in [0.5, 0.6) is 0 Å². The summed E-state index contributed by atoms with van der Waals surface area (Å²) in [4.78, 5) is 2.24. The summed E-state index contributed by atoms with van der Waals surface area (Å²) < 4.78 is 13.7. The van der Waals surface area contributed by atoms with Crippen LogP contribution in [-0.2, 0) is 6.54 Å². The minimum Gasteiger partial charge on any atom is -0.398 e. The van der Waals surface area contributed by atoms with Gasteiger partial charge in [-0.2, -0.15) is 0 Å². The van der Waals surface area contributed by atoms with Gasteiger partial charge >= 0.3 is 0 Å². The Balaban J connectivity index is 2.73. The maximum Gasteiger partial charge on any atom is 0.129 e. The lowest BCUT2D eigenvalue weighted by Crippen LogP contribution is -2.28. The van der Waals surface area contributed by atoms with Crippen molar-refractivity contribution in [2.45, 2.75) is 33.7 Å². The van der Waals surface area contributed by atoms with Crippen molar-refractivity contribution in [1.82, 2.24) is 4.90 Å². The van der Waals surface area contributed by atoms with Gasteiger partial charge in [0.15, 0.2) is 0 Å². The Kier molecular flexibility index (Phi) is 5.42. The molecule has 2 nitrogen and oxygen atoms in total. The van der Waals surface area contributed by atoms with E-state index in [9.17, 15) is 4.39 Å². The zero-order chi connectivity index (χ0) is 12.8. The summed E-state index contributed by atoms with van der Waals surface area (Å²) >= 11 is 0. The summed E-state index contributed by atoms with van der Waals surface area (Å²) in [5, 5.41) is 0. The Morgan fingerprint density at radius 3 is 2.59 bits per heavy atom. The highest BCUT2D eigenvalue weighted by molar-refractivity contribution is 5.47. The van der Waals surface area contributed by atoms with E-state index in [1.165, 1.54) is 6.07 Å². The van der Waals surface area contributed by atoms with Gasteiger partial charge in [0, 0.05) is 24.3 Å². The van der Waals surface area contributed by atoms with E-state index in [1.807, 2.05) is 0 Å². The van der Waals surface area contributed by atoms with Crippen molar-refractivity contribution in [1.29, 1.82) is 0 Å². The molecule has 3 heteroatoms. The molecule has 0 heterocycles. The van der Waals surface area contributed by atoms with Gasteiger partial charge in [0.25, 0.3) is 0 Å². The summed E-state index contributed by atoms with van der Waals surface area (Å²) in [6.07, 6.45) is 1.14. The number of halogens is 1. The van der Waals surface area contributed by atoms with Gasteiger partial charge in [-0.3, -0.25) is 4.90 Å². The average Bonchev–Trinajstić information content (AvgIpc) is 2.32. The molecule has 2 N–H and O–H groups in total. The van der Waals surface area contributed by atoms with Gasteiger partial charge in [-0.15, -0.1) is 0 Å². The summed E-state index contributed by atoms with van der Waals surface area (Å²) in [6, 6.07) is 4.89. The molecule has 0 fully saturated rings. The number of hydrogen-bond acceptors (Lipinski definition) is 2. The lowest BCUT2D eigenvalue weighted by atomic mass is 10.1. The molecule has 0 bridgehead atoms. The normalized spacial score (nSPS) is 13.0. The van der Waals surface area contributed by atoms with E-state index in [0.717, 1.165) is 19.5 Å². The van der Waals surface area contributed by atoms with Crippen LogP contribution in [0.25, 0.3) is 0 Å². The van der Waals surface area contributed by atoms with E-state index >= 15 is 0 Å². The first-order valence-corrected chi connectivity index (χ1v) is 6.33. The summed E-state index contributed by atoms with van der Waals surface area (Å²) in [5.41, 5.74) is 6.99. The lowest BCUT2D eigenvalue weighted by molar-refractivity contribution is 0.235. The third-order valence-corrected chi connectivity index (χ3v) is 3.25. The number of hydrogen-bond donors (Lipinski definition) is 1. The van der Waals surface area contributed by atoms with E-state index < -0.39 is 0 Å². The van der Waals surface area contributed by atoms with Crippen molar-refractivity contribution in [3.63, 3.8) is 0 Å². The fourth-order valence-corrected chi connectivity index (χ4v) is 1.84. The van der Waals surface area contributed by atoms with Crippen LogP contribution in [0.4, 0.5) is 10.1 Å². The Bertz CT molecular complexity index is 332. The van der Waals surface area contributed by atoms with Gasteiger partial charge < -0.3 is 5.73 Å². The van der Waals surface area contributed by atoms with E-state index in [0.29, 0.717) is 23.7 Å². The van der Waals surface area contributed by atoms with Crippen molar-refractivity contribution >= 4 is 5.69 Å². The smallest absolute Gasteiger partial charge is 0.129 e. The quantitative estimate of drug-likeness (QED) is 0.771. The van der Waals surface area contributed by atoms with Crippen molar-refractivity contribution in [3.8, 4) is 0 Å². The molecule has 17 heavy (non-hydrogen) atoms. The molecule has 0 aliphatic carbocycles. The second-order valence-electron chi connectivity index (χ2n) is 4.65. The fraction of sp³-hybridized carbons (Fsp3) is 0.571. The molecule has 0 aliphatic rings. The Hall–Kier alpha value is -1.09. The first kappa shape index (κ1) is 14.0. The Morgan fingerprint density at radius 2 is 2.06 bits per heavy atom. The van der Waals surface area contributed by atoms with E-state index in [4.69, 9.17) is 5.73 Å². The topological polar surface area (TPSA) is 29.3 Å². The molecule has 0 spiro atoms. The van der Waals surface area contributed by atoms with Crippen molar-refractivity contribution in [3.05, 3.63) is 29.6 Å². The van der Waals surface area contributed by atoms with Crippen LogP contribution >= 0.6 is 0 Å². The minimum absolute atomic E-state index is 0.201. The lowest BCUT2D eigenvalue weighted by Gasteiger charge is -2.24. The highest BCUT2D eigenvalue weighted by Crippen LogP contribution is 2.18. The number of nitrogens with two attached hydrogens (primary N) is 1. The minimum atomic E-state index is -0.201. The van der Waals surface area contributed by atoms with Gasteiger partial charge in [0.05, 0.1) is 0 Å². The zero-order valence-electron chi connectivity index (χ0n) is 11.0. The summed E-state index contributed by atoms with van der Waals surface area (Å²) in [7, 11) is 0. The van der Waals surface area contributed by atoms with E-state index in [2.05, 4.69) is 25.7 Å². The number of nitrogens with zero attached hydrogens (tertiary/aromatic N) is 1. The highest BCUT2D eigenvalue weighted by Gasteiger charge is 2.12. The SMILES string of the molecule is CCC(C)CN(CC)Cc1c(N)cccc1F. The number of nitrogen functional groups attached to an aromatic ring is 1. The maximum absolute atomic E-state index is 13.7. The first-order chi connectivity index (χ1) is 8.08. The summed E-state index contributed by atoms with van der Waals surface area (Å²) in [6.45, 7) is 8.99. The maximum atomic E-state index is 13.7. The molecular weight excluding hydrogens is 215 g/mol. The highest BCUT2D eigenvalue weighted by atomic mass is 19.1. The van der Waals surface area contributed by atoms with Crippen molar-refractivity contribution < 1.29 is 4.39 Å². The fourth-order valence-electron chi connectivity index (χ4n) is 1.84. The Labute approximate surface area is 104 Å². The predicted octanol–water partition coefficient (Wildman–Crippen LogP) is 3.28. The molecular formula is C14H23FN2. The number of benzene rings is 1. The number of rotatable bonds is 6. The average molecular weight is 238 g/mol. The van der Waals surface area contributed by atoms with Gasteiger partial charge in [-0.25, -0.2) is 4.39 Å². The van der Waals surface area contributed by atoms with Crippen LogP contribution < -0.4 is 5.73 Å². The molecule has 0 saturated heterocycles. The van der Waals surface area contributed by atoms with Crippen LogP contribution in [0.2, 0.25) is 0 Å². The first-order valence-electron chi connectivity index (χ1n) is 6.33. The second-order valence-corrected chi connectivity index (χ2v) is 4.65. The molecule has 0 aromatic heterocycles. The van der Waals surface area contributed by atoms with Gasteiger partial charge in [0.1, 0.15) is 5.82 Å². The van der Waals surface area contributed by atoms with Gasteiger partial charge in [-0.1, -0.05) is 33.3 Å². The van der Waals surface area contributed by atoms with Crippen LogP contribution in [0.1, 0.15) is 32.8 Å². The van der Waals surface area contributed by atoms with Crippen LogP contribution in [-0.4, -0.2) is 18.0 Å². The molecule has 1 aromatic rings. The van der Waals surface area contributed by atoms with Gasteiger partial charge in [-0.05, 0) is 24.6 Å². The van der Waals surface area contributed by atoms with Crippen LogP contribution in [0.3, 0.4) is 0 Å². The molecule has 1 aromatic carbocycles. The van der Waals surface area contributed by atoms with Crippen LogP contribution in [0, 0.1) is 11.7 Å². The third-order valence-electron chi connectivity index (χ3n) is 3.25. The van der Waals surface area contributed by atoms with E-state index in [1.54, 1.807) is 12.1 Å². The standard InChI is InChI=1S/C14H23FN2/c1-4-11(3)9-17(5-2)10-12-13(15)7-6-8-14(12)16/h6-8,11H,4-5,9-10,16H2,1-3H3. The largest absolute Gasteiger partial charge is 0.398 e. The van der Waals surface area contributed by atoms with Crippen molar-refractivity contribution in [2.24, 2.45) is 5.92 Å². The van der Waals surface area contributed by atoms with Gasteiger partial charge in [0.2, 0.25) is 0 Å². The molecule has 96 valence electrons. The Morgan fingerprint density at radius 1 is 1.35 bits per heavy atom. The third kappa shape index (κ3) is 4.00. The molecule has 0 aliphatic heterocycles. The number of anilines is 1. The molecule has 1 unspecified atom stereocenters. The molecule has 0 amide bonds. The monoisotopic (exact) mass is 238 g/mol. The molecule has 1 rings (SSSR count). The zero-order valence-corrected chi connectivity index (χ0v) is 11.0. The molecule has 1 atom stereocenters. The molecule has 0 saturated carbocycles. The van der Waals surface area contributed by atoms with Crippen LogP contribution in [0.15, 0.2) is 18.2 Å².